The molecular weight excluding hydrogens is 258 g/mol. The molecule has 2 heteroatoms. The van der Waals surface area contributed by atoms with Crippen molar-refractivity contribution in [3.05, 3.63) is 35.9 Å². The van der Waals surface area contributed by atoms with E-state index < -0.39 is 0 Å². The van der Waals surface area contributed by atoms with Gasteiger partial charge in [-0.15, -0.1) is 0 Å². The fourth-order valence-electron chi connectivity index (χ4n) is 4.08. The lowest BCUT2D eigenvalue weighted by Gasteiger charge is -2.40. The maximum atomic E-state index is 6.44. The van der Waals surface area contributed by atoms with Crippen LogP contribution in [0.2, 0.25) is 0 Å². The smallest absolute Gasteiger partial charge is 0.0745 e. The Kier molecular flexibility index (Phi) is 5.45. The summed E-state index contributed by atoms with van der Waals surface area (Å²) >= 11 is 0. The van der Waals surface area contributed by atoms with Gasteiger partial charge in [0.25, 0.3) is 0 Å². The van der Waals surface area contributed by atoms with Crippen LogP contribution in [-0.2, 0) is 4.74 Å². The van der Waals surface area contributed by atoms with Crippen molar-refractivity contribution < 1.29 is 4.74 Å². The summed E-state index contributed by atoms with van der Waals surface area (Å²) < 4.78 is 6.44. The number of likely N-dealkylation sites (N-methyl/N-ethyl adjacent to an activating group) is 1. The lowest BCUT2D eigenvalue weighted by Crippen LogP contribution is -2.38. The van der Waals surface area contributed by atoms with E-state index in [0.717, 1.165) is 5.92 Å². The fraction of sp³-hybridized carbons (Fsp3) is 0.684. The SMILES string of the molecule is CNC(c1ccccc1)C(C)OC1CC(C)CC(C)(C)C1. The van der Waals surface area contributed by atoms with Gasteiger partial charge in [0.15, 0.2) is 0 Å². The normalized spacial score (nSPS) is 28.0. The summed E-state index contributed by atoms with van der Waals surface area (Å²) in [6.07, 6.45) is 4.25. The molecule has 1 saturated carbocycles. The molecule has 0 heterocycles. The largest absolute Gasteiger partial charge is 0.373 e. The van der Waals surface area contributed by atoms with Crippen molar-refractivity contribution in [2.24, 2.45) is 11.3 Å². The Hall–Kier alpha value is -0.860. The fourth-order valence-corrected chi connectivity index (χ4v) is 4.08. The van der Waals surface area contributed by atoms with Crippen LogP contribution in [0.4, 0.5) is 0 Å². The predicted molar refractivity (Wildman–Crippen MR) is 89.4 cm³/mol. The Bertz CT molecular complexity index is 428. The highest BCUT2D eigenvalue weighted by Gasteiger charge is 2.34. The standard InChI is InChI=1S/C19H31NO/c1-14-11-17(13-19(3,4)12-14)21-15(2)18(20-5)16-9-7-6-8-10-16/h6-10,14-15,17-18,20H,11-13H2,1-5H3. The molecule has 2 rings (SSSR count). The van der Waals surface area contributed by atoms with Crippen LogP contribution in [0.1, 0.15) is 58.6 Å². The van der Waals surface area contributed by atoms with Crippen LogP contribution >= 0.6 is 0 Å². The zero-order valence-electron chi connectivity index (χ0n) is 14.2. The van der Waals surface area contributed by atoms with E-state index in [1.54, 1.807) is 0 Å². The molecule has 118 valence electrons. The van der Waals surface area contributed by atoms with Crippen LogP contribution < -0.4 is 5.32 Å². The maximum absolute atomic E-state index is 6.44. The van der Waals surface area contributed by atoms with E-state index in [1.807, 2.05) is 7.05 Å². The van der Waals surface area contributed by atoms with E-state index >= 15 is 0 Å². The first-order chi connectivity index (χ1) is 9.91. The average molecular weight is 289 g/mol. The van der Waals surface area contributed by atoms with Crippen LogP contribution in [0.5, 0.6) is 0 Å². The highest BCUT2D eigenvalue weighted by Crippen LogP contribution is 2.40. The van der Waals surface area contributed by atoms with E-state index in [2.05, 4.69) is 63.3 Å². The van der Waals surface area contributed by atoms with E-state index in [-0.39, 0.29) is 12.1 Å². The van der Waals surface area contributed by atoms with Crippen molar-refractivity contribution in [3.8, 4) is 0 Å². The van der Waals surface area contributed by atoms with Gasteiger partial charge in [-0.2, -0.15) is 0 Å². The van der Waals surface area contributed by atoms with Gasteiger partial charge >= 0.3 is 0 Å². The molecule has 1 fully saturated rings. The van der Waals surface area contributed by atoms with Crippen molar-refractivity contribution in [2.75, 3.05) is 7.05 Å². The molecule has 1 aliphatic rings. The summed E-state index contributed by atoms with van der Waals surface area (Å²) in [4.78, 5) is 0. The molecule has 0 aromatic heterocycles. The summed E-state index contributed by atoms with van der Waals surface area (Å²) in [5.41, 5.74) is 1.71. The Morgan fingerprint density at radius 3 is 2.43 bits per heavy atom. The van der Waals surface area contributed by atoms with E-state index in [9.17, 15) is 0 Å². The first kappa shape index (κ1) is 16.5. The number of nitrogens with one attached hydrogen (secondary N) is 1. The van der Waals surface area contributed by atoms with Crippen LogP contribution in [0.3, 0.4) is 0 Å². The Balaban J connectivity index is 2.01. The molecule has 4 unspecified atom stereocenters. The monoisotopic (exact) mass is 289 g/mol. The van der Waals surface area contributed by atoms with E-state index in [0.29, 0.717) is 11.5 Å². The van der Waals surface area contributed by atoms with Crippen LogP contribution in [0, 0.1) is 11.3 Å². The summed E-state index contributed by atoms with van der Waals surface area (Å²) in [5.74, 6) is 0.760. The quantitative estimate of drug-likeness (QED) is 0.857. The second-order valence-electron chi connectivity index (χ2n) is 7.55. The molecule has 2 nitrogen and oxygen atoms in total. The molecule has 1 N–H and O–H groups in total. The van der Waals surface area contributed by atoms with Gasteiger partial charge in [0.1, 0.15) is 0 Å². The molecule has 0 spiro atoms. The number of ether oxygens (including phenoxy) is 1. The minimum atomic E-state index is 0.184. The van der Waals surface area contributed by atoms with Gasteiger partial charge in [0.05, 0.1) is 18.2 Å². The first-order valence-corrected chi connectivity index (χ1v) is 8.29. The molecule has 1 aromatic carbocycles. The van der Waals surface area contributed by atoms with Crippen LogP contribution in [-0.4, -0.2) is 19.3 Å². The number of benzene rings is 1. The summed E-state index contributed by atoms with van der Waals surface area (Å²) in [6, 6.07) is 10.9. The predicted octanol–water partition coefficient (Wildman–Crippen LogP) is 4.57. The molecule has 0 amide bonds. The molecule has 0 radical (unpaired) electrons. The van der Waals surface area contributed by atoms with Gasteiger partial charge in [-0.25, -0.2) is 0 Å². The molecule has 1 aromatic rings. The van der Waals surface area contributed by atoms with Crippen molar-refractivity contribution >= 4 is 0 Å². The zero-order chi connectivity index (χ0) is 15.5. The topological polar surface area (TPSA) is 21.3 Å². The van der Waals surface area contributed by atoms with Crippen molar-refractivity contribution in [3.63, 3.8) is 0 Å². The summed E-state index contributed by atoms with van der Waals surface area (Å²) in [6.45, 7) is 9.29. The van der Waals surface area contributed by atoms with Gasteiger partial charge in [-0.05, 0) is 50.1 Å². The van der Waals surface area contributed by atoms with Crippen LogP contribution in [0.15, 0.2) is 30.3 Å². The second-order valence-corrected chi connectivity index (χ2v) is 7.55. The molecular formula is C19H31NO. The Morgan fingerprint density at radius 1 is 1.19 bits per heavy atom. The van der Waals surface area contributed by atoms with Crippen LogP contribution in [0.25, 0.3) is 0 Å². The zero-order valence-corrected chi connectivity index (χ0v) is 14.2. The molecule has 21 heavy (non-hydrogen) atoms. The first-order valence-electron chi connectivity index (χ1n) is 8.29. The van der Waals surface area contributed by atoms with E-state index in [4.69, 9.17) is 4.74 Å². The number of hydrogen-bond acceptors (Lipinski definition) is 2. The van der Waals surface area contributed by atoms with Crippen molar-refractivity contribution in [2.45, 2.75) is 65.2 Å². The maximum Gasteiger partial charge on any atom is 0.0745 e. The summed E-state index contributed by atoms with van der Waals surface area (Å²) in [7, 11) is 2.02. The Labute approximate surface area is 130 Å². The lowest BCUT2D eigenvalue weighted by atomic mass is 9.71. The molecule has 4 atom stereocenters. The minimum absolute atomic E-state index is 0.184. The Morgan fingerprint density at radius 2 is 1.86 bits per heavy atom. The lowest BCUT2D eigenvalue weighted by molar-refractivity contribution is -0.0703. The third-order valence-corrected chi connectivity index (χ3v) is 4.69. The third kappa shape index (κ3) is 4.55. The molecule has 0 aliphatic heterocycles. The van der Waals surface area contributed by atoms with Crippen molar-refractivity contribution in [1.29, 1.82) is 0 Å². The van der Waals surface area contributed by atoms with E-state index in [1.165, 1.54) is 24.8 Å². The van der Waals surface area contributed by atoms with Crippen molar-refractivity contribution in [1.82, 2.24) is 5.32 Å². The second kappa shape index (κ2) is 6.93. The van der Waals surface area contributed by atoms with Gasteiger partial charge in [0, 0.05) is 0 Å². The summed E-state index contributed by atoms with van der Waals surface area (Å²) in [5, 5.41) is 3.41. The molecule has 0 saturated heterocycles. The highest BCUT2D eigenvalue weighted by molar-refractivity contribution is 5.19. The van der Waals surface area contributed by atoms with Gasteiger partial charge in [0.2, 0.25) is 0 Å². The van der Waals surface area contributed by atoms with Gasteiger partial charge in [-0.1, -0.05) is 51.1 Å². The third-order valence-electron chi connectivity index (χ3n) is 4.69. The molecule has 1 aliphatic carbocycles. The van der Waals surface area contributed by atoms with Gasteiger partial charge in [-0.3, -0.25) is 0 Å². The average Bonchev–Trinajstić information content (AvgIpc) is 2.38. The number of rotatable bonds is 5. The number of hydrogen-bond donors (Lipinski definition) is 1. The highest BCUT2D eigenvalue weighted by atomic mass is 16.5. The minimum Gasteiger partial charge on any atom is -0.373 e. The molecule has 0 bridgehead atoms. The van der Waals surface area contributed by atoms with Gasteiger partial charge < -0.3 is 10.1 Å².